The molecule has 0 spiro atoms. The van der Waals surface area contributed by atoms with Crippen molar-refractivity contribution in [1.82, 2.24) is 34.7 Å². The van der Waals surface area contributed by atoms with Gasteiger partial charge in [-0.25, -0.2) is 18.6 Å². The van der Waals surface area contributed by atoms with Gasteiger partial charge in [0.25, 0.3) is 0 Å². The maximum Gasteiger partial charge on any atom is 3.00 e. The van der Waals surface area contributed by atoms with Crippen LogP contribution in [0.2, 0.25) is 0 Å². The first-order valence-electron chi connectivity index (χ1n) is 45.5. The summed E-state index contributed by atoms with van der Waals surface area (Å²) in [5.41, 5.74) is -24.0. The molecule has 0 unspecified atom stereocenters. The summed E-state index contributed by atoms with van der Waals surface area (Å²) in [7, 11) is -6.27. The van der Waals surface area contributed by atoms with Crippen LogP contribution in [-0.4, -0.2) is 79.6 Å². The topological polar surface area (TPSA) is 150 Å². The minimum absolute atomic E-state index is 0. The average molecular weight is 2020 g/mol. The number of rotatable bonds is 13. The fraction of sp³-hybridized carbons (Fsp3) is 0.613. The molecule has 16 bridgehead atoms. The van der Waals surface area contributed by atoms with Gasteiger partial charge in [-0.2, -0.15) is 151 Å². The minimum Gasteiger partial charge on any atom is -0.741 e. The number of alkyl halides is 27. The van der Waals surface area contributed by atoms with Gasteiger partial charge in [0.2, 0.25) is 0 Å². The van der Waals surface area contributed by atoms with Crippen molar-refractivity contribution >= 4 is 45.2 Å². The van der Waals surface area contributed by atoms with E-state index in [-0.39, 0.29) is 34.7 Å². The molecule has 0 atom stereocenters. The minimum atomic E-state index is -6.13. The molecule has 12 nitrogen and oxygen atoms in total. The van der Waals surface area contributed by atoms with Crippen LogP contribution in [-0.2, 0) is 103 Å². The Morgan fingerprint density at radius 1 is 0.397 bits per heavy atom. The van der Waals surface area contributed by atoms with Crippen LogP contribution in [0.1, 0.15) is 258 Å². The molecule has 16 aliphatic carbocycles. The smallest absolute Gasteiger partial charge is 0.741 e. The maximum atomic E-state index is 14.2. The van der Waals surface area contributed by atoms with Gasteiger partial charge in [0.15, 0.2) is 15.8 Å². The number of nitrogens with one attached hydrogen (secondary N) is 2. The molecule has 0 amide bonds. The normalized spacial score (nSPS) is 28.8. The second kappa shape index (κ2) is 35.8. The van der Waals surface area contributed by atoms with Crippen molar-refractivity contribution in [3.8, 4) is 0 Å². The summed E-state index contributed by atoms with van der Waals surface area (Å²) in [6.07, 6.45) is -20.5. The van der Waals surface area contributed by atoms with Crippen molar-refractivity contribution in [1.29, 1.82) is 0 Å². The van der Waals surface area contributed by atoms with Crippen LogP contribution < -0.4 is 26.4 Å². The average Bonchev–Trinajstić information content (AvgIpc) is 0.942. The van der Waals surface area contributed by atoms with Crippen LogP contribution in [0.15, 0.2) is 91.0 Å². The van der Waals surface area contributed by atoms with Crippen LogP contribution in [0.25, 0.3) is 0 Å². The molecule has 24 rings (SSSR count). The third-order valence-electron chi connectivity index (χ3n) is 31.6. The Labute approximate surface area is 777 Å². The second-order valence-electron chi connectivity index (χ2n) is 41.3. The van der Waals surface area contributed by atoms with Crippen LogP contribution in [0.4, 0.5) is 119 Å². The Hall–Kier alpha value is -7.66. The fourth-order valence-corrected chi connectivity index (χ4v) is 27.9. The summed E-state index contributed by atoms with van der Waals surface area (Å²) in [5, 5.41) is 23.3. The van der Waals surface area contributed by atoms with E-state index in [1.54, 1.807) is 0 Å². The van der Waals surface area contributed by atoms with Gasteiger partial charge >= 0.3 is 78.8 Å². The Morgan fingerprint density at radius 3 is 0.904 bits per heavy atom. The van der Waals surface area contributed by atoms with E-state index in [4.69, 9.17) is 27.9 Å². The number of halogens is 27. The largest absolute Gasteiger partial charge is 3.00 e. The molecule has 136 heavy (non-hydrogen) atoms. The molecule has 0 aliphatic heterocycles. The number of hydrogen-bond donors (Lipinski definition) is 2. The van der Waals surface area contributed by atoms with Gasteiger partial charge in [-0.3, -0.25) is 10.2 Å². The van der Waals surface area contributed by atoms with Gasteiger partial charge in [0.1, 0.15) is 6.15 Å². The molecule has 16 aliphatic rings. The molecular weight excluding hydrogens is 1920 g/mol. The number of H-pyrrole nitrogens is 2. The monoisotopic (exact) mass is 2020 g/mol. The van der Waals surface area contributed by atoms with Crippen LogP contribution in [0, 0.1) is 105 Å². The number of benzene rings is 4. The van der Waals surface area contributed by atoms with E-state index in [9.17, 15) is 119 Å². The van der Waals surface area contributed by atoms with Crippen molar-refractivity contribution in [2.24, 2.45) is 71.0 Å². The molecule has 43 heteroatoms. The number of hydrogen-bond acceptors (Lipinski definition) is 7. The van der Waals surface area contributed by atoms with Crippen molar-refractivity contribution in [3.63, 3.8) is 0 Å². The molecule has 745 valence electrons. The van der Waals surface area contributed by atoms with Gasteiger partial charge in [-0.05, 0) is 300 Å². The molecule has 16 fully saturated rings. The van der Waals surface area contributed by atoms with Gasteiger partial charge in [-0.15, -0.1) is 5.69 Å². The Balaban J connectivity index is 0.000000159. The predicted octanol–water partition coefficient (Wildman–Crippen LogP) is 23.2. The van der Waals surface area contributed by atoms with E-state index >= 15 is 0 Å². The first-order chi connectivity index (χ1) is 62.4. The summed E-state index contributed by atoms with van der Waals surface area (Å²) in [4.78, 5) is 0. The molecule has 4 aromatic heterocycles. The zero-order valence-electron chi connectivity index (χ0n) is 74.4. The number of aromatic nitrogens is 8. The molecule has 4 aromatic carbocycles. The summed E-state index contributed by atoms with van der Waals surface area (Å²) < 4.78 is 412. The number of nitrogens with zero attached hydrogens (tertiary/aromatic N) is 6. The molecular formula is C93H99B2CoF27N8O4S. The third kappa shape index (κ3) is 20.3. The van der Waals surface area contributed by atoms with Crippen LogP contribution >= 0.6 is 0 Å². The molecule has 16 saturated carbocycles. The summed E-state index contributed by atoms with van der Waals surface area (Å²) >= 11 is 0. The third-order valence-corrected chi connectivity index (χ3v) is 32.2. The standard InChI is InChI=1S/C42H57BN6.C32H12BF24.C14H20N2.C4H10O.CHF3O3S.Co/c1-25-4-37(40-16-28-7-29(17-40)9-30(8-28)18-40)44-47(25)43(48-26(2)5-38(45-48)41-19-31-10-32(20-41)12-33(11-31)21-41)49-27(3)6-39(46-49)42-22-34-13-35(23-42)15-36(14-34)24-42;34-25(35,36)13-1-14(26(37,38)39)6-21(5-13)33(22-7-15(27(40,41)42)2-16(8-22)28(43,44)45,23-9-17(29(46,47)48)3-18(10-23)30(49,50)51)24-11-19(31(52,53)54)4-20(12-24)32(55,56)57;1-9-2-13(16-15-9)14-6-10-3-11(7-14)5-12(4-10)8-14;1-3-5-4-2;2-1(3,4)8(5,6)7;/h4-5,28-36,44H,7-24H2,1-3H3;1-12H;2,10-12H,3-8H2,1H3,(H,15,16);3-4H2,1-2H3;(H,5,6,7);/q2*-1;;;;+3/p-1. The maximum absolute atomic E-state index is 14.2. The Morgan fingerprint density at radius 2 is 0.662 bits per heavy atom. The first kappa shape index (κ1) is 103. The number of ether oxygens (including phenoxy) is 1. The van der Waals surface area contributed by atoms with Crippen molar-refractivity contribution in [2.45, 2.75) is 272 Å². The number of aryl methyl sites for hydroxylation is 4. The van der Waals surface area contributed by atoms with Crippen LogP contribution in [0.5, 0.6) is 0 Å². The predicted molar refractivity (Wildman–Crippen MR) is 441 cm³/mol. The van der Waals surface area contributed by atoms with E-state index < -0.39 is 210 Å². The van der Waals surface area contributed by atoms with E-state index in [1.807, 2.05) is 13.8 Å². The fourth-order valence-electron chi connectivity index (χ4n) is 27.9. The molecule has 2 N–H and O–H groups in total. The van der Waals surface area contributed by atoms with Gasteiger partial charge in [0.05, 0.1) is 61.6 Å². The van der Waals surface area contributed by atoms with E-state index in [1.165, 1.54) is 194 Å². The van der Waals surface area contributed by atoms with Crippen molar-refractivity contribution in [3.05, 3.63) is 187 Å². The van der Waals surface area contributed by atoms with Crippen molar-refractivity contribution < 1.29 is 158 Å². The Kier molecular flexibility index (Phi) is 27.0. The summed E-state index contributed by atoms with van der Waals surface area (Å²) in [5.74, 6) is 11.3. The van der Waals surface area contributed by atoms with E-state index in [0.29, 0.717) is 10.8 Å². The molecule has 4 heterocycles. The zero-order chi connectivity index (χ0) is 98.2. The number of aromatic amines is 2. The Bertz CT molecular complexity index is 5050. The van der Waals surface area contributed by atoms with Crippen LogP contribution in [0.3, 0.4) is 0 Å². The molecule has 1 radical (unpaired) electrons. The van der Waals surface area contributed by atoms with E-state index in [0.717, 1.165) is 89.9 Å². The van der Waals surface area contributed by atoms with Crippen molar-refractivity contribution in [2.75, 3.05) is 13.2 Å². The second-order valence-corrected chi connectivity index (χ2v) is 42.6. The van der Waals surface area contributed by atoms with Gasteiger partial charge in [0, 0.05) is 48.1 Å². The van der Waals surface area contributed by atoms with E-state index in [2.05, 4.69) is 81.0 Å². The van der Waals surface area contributed by atoms with Gasteiger partial charge in [-0.1, -0.05) is 55.5 Å². The summed E-state index contributed by atoms with van der Waals surface area (Å²) in [6, 6.07) is 2.51. The first-order valence-corrected chi connectivity index (χ1v) is 46.9. The zero-order valence-corrected chi connectivity index (χ0v) is 76.2. The quantitative estimate of drug-likeness (QED) is 0.0383. The SMILES string of the molecule is CCOCC.Cc1[c-]c(C23CC4CC(CC(C4)C2)C3)nn1[B-](n1nc(C23CC4CC(CC(C4)C2)C3)cc1C)[n+]1[nH]c(C23CC4CC(CC(C4)C2)C3)cc1C.Cc1cc(C23CC4CC(CC(C4)C2)C3)[nH]n1.FC(F)(F)c1cc([B-](c2cc(C(F)(F)F)cc(C(F)(F)F)c2)(c2cc(C(F)(F)F)cc(C(F)(F)F)c2)c2cc(C(F)(F)F)cc(C(F)(F)F)c2)cc(C(F)(F)F)c1.O=S(=O)([O-])C(F)(F)F.[Co+3]. The summed E-state index contributed by atoms with van der Waals surface area (Å²) in [6.45, 7) is 14.7. The molecule has 0 saturated heterocycles. The van der Waals surface area contributed by atoms with Gasteiger partial charge < -0.3 is 29.1 Å². The molecule has 8 aromatic rings.